The molecule has 1 aliphatic heterocycles. The van der Waals surface area contributed by atoms with Crippen molar-refractivity contribution < 1.29 is 19.8 Å². The molecule has 0 unspecified atom stereocenters. The summed E-state index contributed by atoms with van der Waals surface area (Å²) in [5.41, 5.74) is 0.310. The fourth-order valence-electron chi connectivity index (χ4n) is 1.91. The molecule has 0 saturated heterocycles. The van der Waals surface area contributed by atoms with Crippen molar-refractivity contribution in [2.45, 2.75) is 0 Å². The van der Waals surface area contributed by atoms with Crippen LogP contribution in [0.3, 0.4) is 0 Å². The van der Waals surface area contributed by atoms with E-state index >= 15 is 0 Å². The maximum Gasteiger partial charge on any atom is 0.358 e. The van der Waals surface area contributed by atoms with Gasteiger partial charge in [-0.25, -0.2) is 14.6 Å². The third kappa shape index (κ3) is 1.21. The SMILES string of the molecule is O=C(O)C1=c2nc(C(=O)O)c3c(c2N=N1)C=CC=3. The molecule has 3 rings (SSSR count). The maximum absolute atomic E-state index is 11.1. The predicted octanol–water partition coefficient (Wildman–Crippen LogP) is -0.123. The van der Waals surface area contributed by atoms with Crippen molar-refractivity contribution in [2.24, 2.45) is 10.2 Å². The summed E-state index contributed by atoms with van der Waals surface area (Å²) in [5.74, 6) is -2.50. The van der Waals surface area contributed by atoms with Crippen LogP contribution in [0.5, 0.6) is 0 Å². The van der Waals surface area contributed by atoms with Crippen LogP contribution in [0.1, 0.15) is 16.1 Å². The molecule has 2 N–H and O–H groups in total. The topological polar surface area (TPSA) is 112 Å². The summed E-state index contributed by atoms with van der Waals surface area (Å²) < 4.78 is 0. The third-order valence-electron chi connectivity index (χ3n) is 2.65. The first kappa shape index (κ1) is 10.3. The third-order valence-corrected chi connectivity index (χ3v) is 2.65. The standard InChI is InChI=1S/C11H5N3O4/c15-10(16)7-5-3-1-2-4(5)6-8(12-7)9(11(17)18)14-13-6/h1-3H,(H,15,16)(H,17,18). The largest absolute Gasteiger partial charge is 0.476 e. The smallest absolute Gasteiger partial charge is 0.358 e. The highest BCUT2D eigenvalue weighted by atomic mass is 16.4. The first-order valence-corrected chi connectivity index (χ1v) is 4.94. The van der Waals surface area contributed by atoms with E-state index in [-0.39, 0.29) is 16.7 Å². The molecule has 0 radical (unpaired) electrons. The normalized spacial score (nSPS) is 14.3. The molecule has 7 nitrogen and oxygen atoms in total. The van der Waals surface area contributed by atoms with Gasteiger partial charge in [0.05, 0.1) is 0 Å². The Labute approximate surface area is 99.1 Å². The predicted molar refractivity (Wildman–Crippen MR) is 59.5 cm³/mol. The summed E-state index contributed by atoms with van der Waals surface area (Å²) in [6.07, 6.45) is 4.92. The lowest BCUT2D eigenvalue weighted by Crippen LogP contribution is -2.27. The Hall–Kier alpha value is -2.83. The lowest BCUT2D eigenvalue weighted by Gasteiger charge is -2.00. The van der Waals surface area contributed by atoms with Crippen molar-refractivity contribution in [2.75, 3.05) is 0 Å². The summed E-state index contributed by atoms with van der Waals surface area (Å²) >= 11 is 0. The highest BCUT2D eigenvalue weighted by Gasteiger charge is 2.24. The number of hydrogen-bond donors (Lipinski definition) is 2. The molecule has 0 atom stereocenters. The van der Waals surface area contributed by atoms with Gasteiger partial charge in [0.2, 0.25) is 0 Å². The fraction of sp³-hybridized carbons (Fsp3) is 0. The van der Waals surface area contributed by atoms with Crippen LogP contribution in [0, 0.1) is 0 Å². The molecular weight excluding hydrogens is 238 g/mol. The monoisotopic (exact) mass is 243 g/mol. The molecule has 88 valence electrons. The van der Waals surface area contributed by atoms with E-state index in [1.807, 2.05) is 0 Å². The van der Waals surface area contributed by atoms with Crippen LogP contribution in [0.4, 0.5) is 5.69 Å². The number of azo groups is 1. The minimum Gasteiger partial charge on any atom is -0.476 e. The van der Waals surface area contributed by atoms with Crippen molar-refractivity contribution in [1.29, 1.82) is 0 Å². The molecule has 2 aliphatic rings. The highest BCUT2D eigenvalue weighted by molar-refractivity contribution is 6.09. The van der Waals surface area contributed by atoms with E-state index in [0.717, 1.165) is 0 Å². The highest BCUT2D eigenvalue weighted by Crippen LogP contribution is 2.22. The summed E-state index contributed by atoms with van der Waals surface area (Å²) in [7, 11) is 0. The average molecular weight is 243 g/mol. The van der Waals surface area contributed by atoms with Gasteiger partial charge in [0.1, 0.15) is 11.0 Å². The number of fused-ring (bicyclic) bond motifs is 3. The van der Waals surface area contributed by atoms with Gasteiger partial charge in [0, 0.05) is 10.8 Å². The van der Waals surface area contributed by atoms with Crippen molar-refractivity contribution in [3.05, 3.63) is 27.9 Å². The Balaban J connectivity index is 2.50. The van der Waals surface area contributed by atoms with Gasteiger partial charge in [-0.1, -0.05) is 18.2 Å². The molecule has 0 amide bonds. The number of aromatic nitrogens is 1. The van der Waals surface area contributed by atoms with Crippen molar-refractivity contribution in [3.8, 4) is 0 Å². The number of carboxylic acid groups (broad SMARTS) is 2. The van der Waals surface area contributed by atoms with Crippen molar-refractivity contribution in [3.63, 3.8) is 0 Å². The van der Waals surface area contributed by atoms with E-state index in [4.69, 9.17) is 10.2 Å². The van der Waals surface area contributed by atoms with Gasteiger partial charge in [-0.3, -0.25) is 0 Å². The minimum absolute atomic E-state index is 0.00130. The molecule has 1 aromatic heterocycles. The first-order chi connectivity index (χ1) is 8.59. The lowest BCUT2D eigenvalue weighted by atomic mass is 10.1. The van der Waals surface area contributed by atoms with E-state index in [1.54, 1.807) is 18.2 Å². The molecule has 18 heavy (non-hydrogen) atoms. The van der Waals surface area contributed by atoms with E-state index in [2.05, 4.69) is 15.2 Å². The minimum atomic E-state index is -1.28. The van der Waals surface area contributed by atoms with Crippen LogP contribution in [0.2, 0.25) is 0 Å². The second kappa shape index (κ2) is 3.33. The van der Waals surface area contributed by atoms with Gasteiger partial charge in [-0.15, -0.1) is 10.2 Å². The van der Waals surface area contributed by atoms with Crippen molar-refractivity contribution >= 4 is 35.5 Å². The molecule has 7 heteroatoms. The molecular formula is C11H5N3O4. The lowest BCUT2D eigenvalue weighted by molar-refractivity contribution is -0.130. The zero-order valence-electron chi connectivity index (χ0n) is 8.78. The van der Waals surface area contributed by atoms with Gasteiger partial charge in [0.25, 0.3) is 0 Å². The quantitative estimate of drug-likeness (QED) is 0.751. The summed E-state index contributed by atoms with van der Waals surface area (Å²) in [6.45, 7) is 0. The van der Waals surface area contributed by atoms with Gasteiger partial charge < -0.3 is 10.2 Å². The Morgan fingerprint density at radius 2 is 1.89 bits per heavy atom. The number of carboxylic acids is 2. The Kier molecular flexibility index (Phi) is 1.91. The zero-order chi connectivity index (χ0) is 12.9. The van der Waals surface area contributed by atoms with Crippen LogP contribution in [0.25, 0.3) is 17.8 Å². The van der Waals surface area contributed by atoms with Gasteiger partial charge in [0.15, 0.2) is 11.4 Å². The molecule has 2 heterocycles. The van der Waals surface area contributed by atoms with Crippen LogP contribution in [-0.2, 0) is 4.79 Å². The van der Waals surface area contributed by atoms with E-state index < -0.39 is 11.9 Å². The van der Waals surface area contributed by atoms with E-state index in [9.17, 15) is 9.59 Å². The van der Waals surface area contributed by atoms with Gasteiger partial charge in [-0.05, 0) is 0 Å². The van der Waals surface area contributed by atoms with E-state index in [1.165, 1.54) is 0 Å². The second-order valence-electron chi connectivity index (χ2n) is 3.67. The van der Waals surface area contributed by atoms with E-state index in [0.29, 0.717) is 16.5 Å². The Bertz CT molecular complexity index is 789. The van der Waals surface area contributed by atoms with Crippen molar-refractivity contribution in [1.82, 2.24) is 4.98 Å². The molecule has 0 fully saturated rings. The van der Waals surface area contributed by atoms with Gasteiger partial charge >= 0.3 is 11.9 Å². The molecule has 0 aromatic carbocycles. The number of aromatic carboxylic acids is 1. The molecule has 0 saturated carbocycles. The fourth-order valence-corrected chi connectivity index (χ4v) is 1.91. The number of hydrogen-bond acceptors (Lipinski definition) is 5. The summed E-state index contributed by atoms with van der Waals surface area (Å²) in [6, 6.07) is 0. The first-order valence-electron chi connectivity index (χ1n) is 4.94. The van der Waals surface area contributed by atoms with Gasteiger partial charge in [-0.2, -0.15) is 0 Å². The molecule has 1 aliphatic carbocycles. The molecule has 1 aromatic rings. The number of carbonyl (C=O) groups is 2. The second-order valence-corrected chi connectivity index (χ2v) is 3.67. The summed E-state index contributed by atoms with van der Waals surface area (Å²) in [4.78, 5) is 25.9. The Morgan fingerprint density at radius 3 is 2.56 bits per heavy atom. The van der Waals surface area contributed by atoms with Crippen LogP contribution < -0.4 is 10.6 Å². The number of rotatable bonds is 2. The van der Waals surface area contributed by atoms with Crippen LogP contribution in [-0.4, -0.2) is 27.1 Å². The maximum atomic E-state index is 11.1. The number of nitrogens with zero attached hydrogens (tertiary/aromatic N) is 3. The molecule has 0 spiro atoms. The number of aliphatic carboxylic acids is 1. The van der Waals surface area contributed by atoms with Crippen LogP contribution >= 0.6 is 0 Å². The number of pyridine rings is 1. The zero-order valence-corrected chi connectivity index (χ0v) is 8.78. The average Bonchev–Trinajstić information content (AvgIpc) is 2.93. The Morgan fingerprint density at radius 1 is 1.11 bits per heavy atom. The molecule has 0 bridgehead atoms. The van der Waals surface area contributed by atoms with Crippen LogP contribution in [0.15, 0.2) is 16.3 Å². The number of allylic oxidation sites excluding steroid dienone is 1. The summed E-state index contributed by atoms with van der Waals surface area (Å²) in [5, 5.41) is 25.7.